The van der Waals surface area contributed by atoms with E-state index in [2.05, 4.69) is 36.1 Å². The minimum atomic E-state index is 0.326. The number of aliphatic hydroxyl groups excluding tert-OH is 1. The molecule has 1 aliphatic rings. The maximum Gasteiger partial charge on any atom is 0.0474 e. The molecule has 1 aromatic carbocycles. The highest BCUT2D eigenvalue weighted by molar-refractivity contribution is 5.14. The van der Waals surface area contributed by atoms with E-state index < -0.39 is 0 Å². The van der Waals surface area contributed by atoms with E-state index in [9.17, 15) is 5.11 Å². The highest BCUT2D eigenvalue weighted by atomic mass is 16.3. The number of hydrogen-bond acceptors (Lipinski definition) is 2. The van der Waals surface area contributed by atoms with E-state index in [4.69, 9.17) is 0 Å². The van der Waals surface area contributed by atoms with Crippen LogP contribution in [0.15, 0.2) is 30.3 Å². The molecule has 0 aromatic heterocycles. The molecule has 1 heterocycles. The Kier molecular flexibility index (Phi) is 3.39. The Morgan fingerprint density at radius 2 is 2.00 bits per heavy atom. The first-order valence-corrected chi connectivity index (χ1v) is 5.66. The lowest BCUT2D eigenvalue weighted by atomic mass is 10.00. The van der Waals surface area contributed by atoms with Gasteiger partial charge in [-0.05, 0) is 17.4 Å². The van der Waals surface area contributed by atoms with Crippen molar-refractivity contribution in [1.82, 2.24) is 4.90 Å². The van der Waals surface area contributed by atoms with Crippen LogP contribution in [0, 0.1) is 11.8 Å². The van der Waals surface area contributed by atoms with Crippen molar-refractivity contribution < 1.29 is 5.11 Å². The summed E-state index contributed by atoms with van der Waals surface area (Å²) in [7, 11) is 0. The average molecular weight is 205 g/mol. The first-order chi connectivity index (χ1) is 7.29. The summed E-state index contributed by atoms with van der Waals surface area (Å²) in [5.41, 5.74) is 1.36. The Morgan fingerprint density at radius 1 is 1.27 bits per heavy atom. The van der Waals surface area contributed by atoms with Gasteiger partial charge in [0.25, 0.3) is 0 Å². The third kappa shape index (κ3) is 2.58. The predicted octanol–water partition coefficient (Wildman–Crippen LogP) is 1.75. The van der Waals surface area contributed by atoms with Crippen LogP contribution < -0.4 is 0 Å². The monoisotopic (exact) mass is 205 g/mol. The first-order valence-electron chi connectivity index (χ1n) is 5.66. The number of likely N-dealkylation sites (tertiary alicyclic amines) is 1. The van der Waals surface area contributed by atoms with Gasteiger partial charge in [0.1, 0.15) is 0 Å². The molecule has 1 aromatic rings. The SMILES string of the molecule is C[C@H]1CN(Cc2ccccc2)C[C@H]1CO. The highest BCUT2D eigenvalue weighted by Gasteiger charge is 2.28. The van der Waals surface area contributed by atoms with Gasteiger partial charge in [0.2, 0.25) is 0 Å². The van der Waals surface area contributed by atoms with Crippen molar-refractivity contribution in [3.8, 4) is 0 Å². The average Bonchev–Trinajstić information content (AvgIpc) is 2.60. The zero-order valence-corrected chi connectivity index (χ0v) is 9.26. The second-order valence-electron chi connectivity index (χ2n) is 4.60. The molecule has 1 aliphatic heterocycles. The van der Waals surface area contributed by atoms with Crippen LogP contribution in [0.3, 0.4) is 0 Å². The van der Waals surface area contributed by atoms with Crippen LogP contribution in [-0.4, -0.2) is 29.7 Å². The van der Waals surface area contributed by atoms with E-state index >= 15 is 0 Å². The molecule has 15 heavy (non-hydrogen) atoms. The van der Waals surface area contributed by atoms with Crippen LogP contribution in [0.5, 0.6) is 0 Å². The van der Waals surface area contributed by atoms with Crippen molar-refractivity contribution in [3.63, 3.8) is 0 Å². The zero-order valence-electron chi connectivity index (χ0n) is 9.26. The van der Waals surface area contributed by atoms with Crippen molar-refractivity contribution in [2.75, 3.05) is 19.7 Å². The van der Waals surface area contributed by atoms with Crippen molar-refractivity contribution in [2.24, 2.45) is 11.8 Å². The standard InChI is InChI=1S/C13H19NO/c1-11-7-14(9-13(11)10-15)8-12-5-3-2-4-6-12/h2-6,11,13,15H,7-10H2,1H3/t11-,13-/m0/s1. The lowest BCUT2D eigenvalue weighted by molar-refractivity contribution is 0.204. The Bertz CT molecular complexity index is 299. The van der Waals surface area contributed by atoms with Crippen LogP contribution in [0.4, 0.5) is 0 Å². The zero-order chi connectivity index (χ0) is 10.7. The molecule has 1 fully saturated rings. The molecule has 82 valence electrons. The van der Waals surface area contributed by atoms with Gasteiger partial charge in [-0.3, -0.25) is 4.90 Å². The second-order valence-corrected chi connectivity index (χ2v) is 4.60. The van der Waals surface area contributed by atoms with Crippen LogP contribution in [0.1, 0.15) is 12.5 Å². The number of benzene rings is 1. The van der Waals surface area contributed by atoms with E-state index in [0.717, 1.165) is 19.6 Å². The fraction of sp³-hybridized carbons (Fsp3) is 0.538. The smallest absolute Gasteiger partial charge is 0.0474 e. The summed E-state index contributed by atoms with van der Waals surface area (Å²) in [4.78, 5) is 2.43. The number of aliphatic hydroxyl groups is 1. The summed E-state index contributed by atoms with van der Waals surface area (Å²) in [5.74, 6) is 1.09. The Balaban J connectivity index is 1.92. The van der Waals surface area contributed by atoms with E-state index in [1.807, 2.05) is 6.07 Å². The molecule has 0 unspecified atom stereocenters. The molecule has 1 N–H and O–H groups in total. The van der Waals surface area contributed by atoms with Gasteiger partial charge in [0.05, 0.1) is 0 Å². The summed E-state index contributed by atoms with van der Waals surface area (Å²) in [6.07, 6.45) is 0. The molecular weight excluding hydrogens is 186 g/mol. The summed E-state index contributed by atoms with van der Waals surface area (Å²) in [6.45, 7) is 5.71. The van der Waals surface area contributed by atoms with Gasteiger partial charge in [0.15, 0.2) is 0 Å². The summed E-state index contributed by atoms with van der Waals surface area (Å²) >= 11 is 0. The van der Waals surface area contributed by atoms with Crippen LogP contribution in [0.25, 0.3) is 0 Å². The molecule has 0 radical (unpaired) electrons. The van der Waals surface area contributed by atoms with Gasteiger partial charge in [-0.1, -0.05) is 37.3 Å². The van der Waals surface area contributed by atoms with Gasteiger partial charge >= 0.3 is 0 Å². The number of nitrogens with zero attached hydrogens (tertiary/aromatic N) is 1. The van der Waals surface area contributed by atoms with Gasteiger partial charge in [0, 0.05) is 26.2 Å². The molecule has 0 aliphatic carbocycles. The van der Waals surface area contributed by atoms with Crippen LogP contribution in [-0.2, 0) is 6.54 Å². The number of hydrogen-bond donors (Lipinski definition) is 1. The quantitative estimate of drug-likeness (QED) is 0.812. The van der Waals surface area contributed by atoms with Crippen LogP contribution in [0.2, 0.25) is 0 Å². The maximum atomic E-state index is 9.19. The van der Waals surface area contributed by atoms with Crippen molar-refractivity contribution in [1.29, 1.82) is 0 Å². The summed E-state index contributed by atoms with van der Waals surface area (Å²) in [6, 6.07) is 10.5. The minimum absolute atomic E-state index is 0.326. The third-order valence-electron chi connectivity index (χ3n) is 3.33. The van der Waals surface area contributed by atoms with E-state index in [-0.39, 0.29) is 0 Å². The largest absolute Gasteiger partial charge is 0.396 e. The van der Waals surface area contributed by atoms with Crippen LogP contribution >= 0.6 is 0 Å². The van der Waals surface area contributed by atoms with E-state index in [1.54, 1.807) is 0 Å². The van der Waals surface area contributed by atoms with Crippen molar-refractivity contribution in [2.45, 2.75) is 13.5 Å². The molecule has 2 atom stereocenters. The second kappa shape index (κ2) is 4.77. The fourth-order valence-electron chi connectivity index (χ4n) is 2.35. The maximum absolute atomic E-state index is 9.19. The normalized spacial score (nSPS) is 27.1. The Labute approximate surface area is 91.5 Å². The fourth-order valence-corrected chi connectivity index (χ4v) is 2.35. The molecule has 0 amide bonds. The van der Waals surface area contributed by atoms with E-state index in [1.165, 1.54) is 5.56 Å². The predicted molar refractivity (Wildman–Crippen MR) is 61.5 cm³/mol. The molecular formula is C13H19NO. The lowest BCUT2D eigenvalue weighted by Gasteiger charge is -2.15. The molecule has 0 bridgehead atoms. The van der Waals surface area contributed by atoms with Crippen molar-refractivity contribution in [3.05, 3.63) is 35.9 Å². The molecule has 2 heteroatoms. The number of rotatable bonds is 3. The Morgan fingerprint density at radius 3 is 2.60 bits per heavy atom. The molecule has 1 saturated heterocycles. The van der Waals surface area contributed by atoms with Gasteiger partial charge < -0.3 is 5.11 Å². The topological polar surface area (TPSA) is 23.5 Å². The summed E-state index contributed by atoms with van der Waals surface area (Å²) < 4.78 is 0. The first kappa shape index (κ1) is 10.7. The van der Waals surface area contributed by atoms with E-state index in [0.29, 0.717) is 18.4 Å². The van der Waals surface area contributed by atoms with Gasteiger partial charge in [-0.25, -0.2) is 0 Å². The van der Waals surface area contributed by atoms with Gasteiger partial charge in [-0.2, -0.15) is 0 Å². The lowest BCUT2D eigenvalue weighted by Crippen LogP contribution is -2.20. The molecule has 0 saturated carbocycles. The Hall–Kier alpha value is -0.860. The van der Waals surface area contributed by atoms with Gasteiger partial charge in [-0.15, -0.1) is 0 Å². The highest BCUT2D eigenvalue weighted by Crippen LogP contribution is 2.23. The third-order valence-corrected chi connectivity index (χ3v) is 3.33. The summed E-state index contributed by atoms with van der Waals surface area (Å²) in [5, 5.41) is 9.19. The molecule has 2 nitrogen and oxygen atoms in total. The molecule has 2 rings (SSSR count). The molecule has 0 spiro atoms. The minimum Gasteiger partial charge on any atom is -0.396 e. The van der Waals surface area contributed by atoms with Crippen molar-refractivity contribution >= 4 is 0 Å².